The van der Waals surface area contributed by atoms with Gasteiger partial charge in [0.1, 0.15) is 4.90 Å². The van der Waals surface area contributed by atoms with Gasteiger partial charge in [0.25, 0.3) is 0 Å². The van der Waals surface area contributed by atoms with Gasteiger partial charge < -0.3 is 10.5 Å². The van der Waals surface area contributed by atoms with E-state index in [2.05, 4.69) is 4.72 Å². The Morgan fingerprint density at radius 1 is 1.45 bits per heavy atom. The summed E-state index contributed by atoms with van der Waals surface area (Å²) in [5.41, 5.74) is 5.24. The molecule has 1 aromatic rings. The van der Waals surface area contributed by atoms with Crippen LogP contribution in [0.25, 0.3) is 0 Å². The van der Waals surface area contributed by atoms with Crippen LogP contribution in [0.2, 0.25) is 10.0 Å². The Kier molecular flexibility index (Phi) is 4.51. The van der Waals surface area contributed by atoms with Crippen LogP contribution in [-0.4, -0.2) is 27.2 Å². The number of hydrogen-bond acceptors (Lipinski definition) is 4. The van der Waals surface area contributed by atoms with Crippen LogP contribution in [0.5, 0.6) is 0 Å². The molecule has 0 amide bonds. The van der Waals surface area contributed by atoms with Crippen molar-refractivity contribution in [3.8, 4) is 0 Å². The summed E-state index contributed by atoms with van der Waals surface area (Å²) in [6.45, 7) is 2.69. The van der Waals surface area contributed by atoms with Crippen molar-refractivity contribution in [1.29, 1.82) is 0 Å². The number of hydrogen-bond donors (Lipinski definition) is 2. The number of nitrogen functional groups attached to an aromatic ring is 1. The Morgan fingerprint density at radius 2 is 2.15 bits per heavy atom. The van der Waals surface area contributed by atoms with Crippen LogP contribution in [-0.2, 0) is 14.8 Å². The van der Waals surface area contributed by atoms with E-state index in [-0.39, 0.29) is 27.2 Å². The quantitative estimate of drug-likeness (QED) is 0.826. The number of nitrogens with one attached hydrogen (secondary N) is 1. The molecular weight excluding hydrogens is 323 g/mol. The third-order valence-corrected chi connectivity index (χ3v) is 5.39. The molecule has 8 heteroatoms. The number of anilines is 1. The number of sulfonamides is 1. The molecule has 1 heterocycles. The normalized spacial score (nSPS) is 23.1. The fourth-order valence-electron chi connectivity index (χ4n) is 2.16. The first-order valence-corrected chi connectivity index (χ1v) is 8.36. The van der Waals surface area contributed by atoms with Crippen molar-refractivity contribution in [2.24, 2.45) is 0 Å². The summed E-state index contributed by atoms with van der Waals surface area (Å²) < 4.78 is 32.7. The molecule has 1 aliphatic heterocycles. The van der Waals surface area contributed by atoms with E-state index in [9.17, 15) is 8.42 Å². The summed E-state index contributed by atoms with van der Waals surface area (Å²) in [5, 5.41) is 0.289. The molecule has 3 N–H and O–H groups in total. The van der Waals surface area contributed by atoms with Gasteiger partial charge in [0.05, 0.1) is 16.3 Å². The molecule has 112 valence electrons. The van der Waals surface area contributed by atoms with Crippen LogP contribution in [0.4, 0.5) is 5.69 Å². The van der Waals surface area contributed by atoms with Crippen molar-refractivity contribution >= 4 is 38.9 Å². The predicted octanol–water partition coefficient (Wildman–Crippen LogP) is 2.42. The van der Waals surface area contributed by atoms with E-state index in [0.29, 0.717) is 6.61 Å². The highest BCUT2D eigenvalue weighted by Gasteiger charge is 2.32. The SMILES string of the molecule is CC1(CNS(=O)(=O)c2c(N)cc(Cl)cc2Cl)CCCO1. The molecule has 1 atom stereocenters. The van der Waals surface area contributed by atoms with Gasteiger partial charge in [0.2, 0.25) is 10.0 Å². The number of halogens is 2. The number of ether oxygens (including phenoxy) is 1. The average Bonchev–Trinajstić information content (AvgIpc) is 2.73. The number of benzene rings is 1. The van der Waals surface area contributed by atoms with Crippen LogP contribution < -0.4 is 10.5 Å². The van der Waals surface area contributed by atoms with Crippen LogP contribution in [0, 0.1) is 0 Å². The predicted molar refractivity (Wildman–Crippen MR) is 79.7 cm³/mol. The summed E-state index contributed by atoms with van der Waals surface area (Å²) in [7, 11) is -3.81. The molecule has 20 heavy (non-hydrogen) atoms. The molecule has 5 nitrogen and oxygen atoms in total. The minimum absolute atomic E-state index is 0.00000614. The van der Waals surface area contributed by atoms with Gasteiger partial charge >= 0.3 is 0 Å². The maximum Gasteiger partial charge on any atom is 0.244 e. The molecular formula is C12H16Cl2N2O3S. The Labute approximate surface area is 128 Å². The zero-order valence-corrected chi connectivity index (χ0v) is 13.3. The van der Waals surface area contributed by atoms with E-state index in [0.717, 1.165) is 12.8 Å². The third kappa shape index (κ3) is 3.38. The highest BCUT2D eigenvalue weighted by atomic mass is 35.5. The fourth-order valence-corrected chi connectivity index (χ4v) is 4.30. The standard InChI is InChI=1S/C12H16Cl2N2O3S/c1-12(3-2-4-19-12)7-16-20(17,18)11-9(14)5-8(13)6-10(11)15/h5-6,16H,2-4,7,15H2,1H3. The Hall–Kier alpha value is -0.530. The Morgan fingerprint density at radius 3 is 2.70 bits per heavy atom. The van der Waals surface area contributed by atoms with E-state index in [1.165, 1.54) is 12.1 Å². The first-order valence-electron chi connectivity index (χ1n) is 6.12. The van der Waals surface area contributed by atoms with Gasteiger partial charge in [0.15, 0.2) is 0 Å². The van der Waals surface area contributed by atoms with E-state index in [1.807, 2.05) is 6.92 Å². The Balaban J connectivity index is 2.23. The van der Waals surface area contributed by atoms with Crippen LogP contribution in [0.15, 0.2) is 17.0 Å². The largest absolute Gasteiger partial charge is 0.398 e. The second kappa shape index (κ2) is 5.69. The van der Waals surface area contributed by atoms with E-state index in [1.54, 1.807) is 0 Å². The van der Waals surface area contributed by atoms with Crippen LogP contribution in [0.1, 0.15) is 19.8 Å². The summed E-state index contributed by atoms with van der Waals surface area (Å²) in [6.07, 6.45) is 1.72. The molecule has 0 aromatic heterocycles. The maximum atomic E-state index is 12.3. The zero-order valence-electron chi connectivity index (χ0n) is 10.9. The summed E-state index contributed by atoms with van der Waals surface area (Å²) in [5.74, 6) is 0. The van der Waals surface area contributed by atoms with Crippen molar-refractivity contribution in [3.05, 3.63) is 22.2 Å². The van der Waals surface area contributed by atoms with Gasteiger partial charge in [-0.1, -0.05) is 23.2 Å². The van der Waals surface area contributed by atoms with Gasteiger partial charge in [-0.05, 0) is 31.9 Å². The van der Waals surface area contributed by atoms with Crippen molar-refractivity contribution in [2.75, 3.05) is 18.9 Å². The minimum Gasteiger partial charge on any atom is -0.398 e. The van der Waals surface area contributed by atoms with Crippen molar-refractivity contribution < 1.29 is 13.2 Å². The minimum atomic E-state index is -3.81. The second-order valence-electron chi connectivity index (χ2n) is 5.03. The monoisotopic (exact) mass is 338 g/mol. The smallest absolute Gasteiger partial charge is 0.244 e. The van der Waals surface area contributed by atoms with Gasteiger partial charge in [-0.3, -0.25) is 0 Å². The summed E-state index contributed by atoms with van der Waals surface area (Å²) >= 11 is 11.7. The average molecular weight is 339 g/mol. The number of rotatable bonds is 4. The number of nitrogens with two attached hydrogens (primary N) is 1. The molecule has 0 saturated carbocycles. The zero-order chi connectivity index (χ0) is 15.0. The lowest BCUT2D eigenvalue weighted by atomic mass is 10.0. The van der Waals surface area contributed by atoms with E-state index in [4.69, 9.17) is 33.7 Å². The van der Waals surface area contributed by atoms with Crippen LogP contribution >= 0.6 is 23.2 Å². The highest BCUT2D eigenvalue weighted by Crippen LogP contribution is 2.31. The summed E-state index contributed by atoms with van der Waals surface area (Å²) in [6, 6.07) is 2.71. The first-order chi connectivity index (χ1) is 9.23. The van der Waals surface area contributed by atoms with Gasteiger partial charge in [-0.2, -0.15) is 0 Å². The van der Waals surface area contributed by atoms with Gasteiger partial charge in [-0.15, -0.1) is 0 Å². The molecule has 2 rings (SSSR count). The molecule has 1 saturated heterocycles. The fraction of sp³-hybridized carbons (Fsp3) is 0.500. The molecule has 0 bridgehead atoms. The highest BCUT2D eigenvalue weighted by molar-refractivity contribution is 7.89. The topological polar surface area (TPSA) is 81.4 Å². The van der Waals surface area contributed by atoms with Crippen molar-refractivity contribution in [2.45, 2.75) is 30.3 Å². The molecule has 1 unspecified atom stereocenters. The van der Waals surface area contributed by atoms with Crippen molar-refractivity contribution in [1.82, 2.24) is 4.72 Å². The molecule has 0 aliphatic carbocycles. The van der Waals surface area contributed by atoms with Gasteiger partial charge in [-0.25, -0.2) is 13.1 Å². The lowest BCUT2D eigenvalue weighted by molar-refractivity contribution is 0.0250. The third-order valence-electron chi connectivity index (χ3n) is 3.24. The molecule has 1 aromatic carbocycles. The van der Waals surface area contributed by atoms with Crippen molar-refractivity contribution in [3.63, 3.8) is 0 Å². The summed E-state index contributed by atoms with van der Waals surface area (Å²) in [4.78, 5) is -0.148. The van der Waals surface area contributed by atoms with E-state index >= 15 is 0 Å². The lowest BCUT2D eigenvalue weighted by Crippen LogP contribution is -2.40. The molecule has 1 fully saturated rings. The molecule has 1 aliphatic rings. The van der Waals surface area contributed by atoms with Gasteiger partial charge in [0, 0.05) is 18.2 Å². The molecule has 0 spiro atoms. The lowest BCUT2D eigenvalue weighted by Gasteiger charge is -2.23. The first kappa shape index (κ1) is 15.9. The Bertz CT molecular complexity index is 590. The van der Waals surface area contributed by atoms with Crippen LogP contribution in [0.3, 0.4) is 0 Å². The van der Waals surface area contributed by atoms with E-state index < -0.39 is 15.6 Å². The maximum absolute atomic E-state index is 12.3. The second-order valence-corrected chi connectivity index (χ2v) is 7.58. The molecule has 0 radical (unpaired) electrons.